The number of hydrogen-bond donors (Lipinski definition) is 1. The maximum atomic E-state index is 12.9. The highest BCUT2D eigenvalue weighted by Crippen LogP contribution is 2.28. The van der Waals surface area contributed by atoms with E-state index in [0.29, 0.717) is 4.88 Å². The Kier molecular flexibility index (Phi) is 4.41. The highest BCUT2D eigenvalue weighted by atomic mass is 32.1. The highest BCUT2D eigenvalue weighted by Gasteiger charge is 2.18. The van der Waals surface area contributed by atoms with Gasteiger partial charge in [-0.3, -0.25) is 13.6 Å². The molecule has 0 radical (unpaired) electrons. The van der Waals surface area contributed by atoms with E-state index in [1.807, 2.05) is 94.3 Å². The van der Waals surface area contributed by atoms with Crippen molar-refractivity contribution in [1.82, 2.24) is 18.8 Å². The molecule has 1 N–H and O–H groups in total. The zero-order chi connectivity index (χ0) is 21.7. The Labute approximate surface area is 191 Å². The van der Waals surface area contributed by atoms with Crippen LogP contribution in [0, 0.1) is 6.92 Å². The van der Waals surface area contributed by atoms with Crippen molar-refractivity contribution >= 4 is 44.2 Å². The molecule has 6 nitrogen and oxygen atoms in total. The van der Waals surface area contributed by atoms with Gasteiger partial charge in [-0.15, -0.1) is 11.3 Å². The maximum absolute atomic E-state index is 12.9. The summed E-state index contributed by atoms with van der Waals surface area (Å²) < 4.78 is 3.99. The number of anilines is 1. The summed E-state index contributed by atoms with van der Waals surface area (Å²) in [6.45, 7) is 1.95. The molecule has 156 valence electrons. The second kappa shape index (κ2) is 7.44. The fourth-order valence-electron chi connectivity index (χ4n) is 3.69. The van der Waals surface area contributed by atoms with Gasteiger partial charge in [0.2, 0.25) is 0 Å². The minimum atomic E-state index is -0.130. The Morgan fingerprint density at radius 1 is 0.906 bits per heavy atom. The van der Waals surface area contributed by atoms with Crippen LogP contribution in [0.4, 0.5) is 5.69 Å². The third-order valence-corrected chi connectivity index (χ3v) is 7.29. The summed E-state index contributed by atoms with van der Waals surface area (Å²) in [5, 5.41) is 5.01. The number of amides is 1. The van der Waals surface area contributed by atoms with Gasteiger partial charge < -0.3 is 5.32 Å². The molecule has 0 unspecified atom stereocenters. The van der Waals surface area contributed by atoms with E-state index >= 15 is 0 Å². The minimum absolute atomic E-state index is 0.130. The van der Waals surface area contributed by atoms with Gasteiger partial charge in [0.1, 0.15) is 4.88 Å². The van der Waals surface area contributed by atoms with Gasteiger partial charge in [0.05, 0.1) is 11.4 Å². The van der Waals surface area contributed by atoms with E-state index in [4.69, 9.17) is 4.98 Å². The molecule has 0 aliphatic heterocycles. The summed E-state index contributed by atoms with van der Waals surface area (Å²) in [7, 11) is 0. The molecule has 1 amide bonds. The van der Waals surface area contributed by atoms with Crippen LogP contribution >= 0.6 is 22.7 Å². The van der Waals surface area contributed by atoms with E-state index in [9.17, 15) is 4.79 Å². The summed E-state index contributed by atoms with van der Waals surface area (Å²) in [5.74, 6) is -0.130. The van der Waals surface area contributed by atoms with E-state index in [1.165, 1.54) is 11.3 Å². The molecule has 0 fully saturated rings. The topological polar surface area (TPSA) is 63.7 Å². The van der Waals surface area contributed by atoms with Crippen LogP contribution in [0.25, 0.3) is 32.4 Å². The van der Waals surface area contributed by atoms with Gasteiger partial charge >= 0.3 is 0 Å². The largest absolute Gasteiger partial charge is 0.321 e. The molecule has 2 aromatic carbocycles. The zero-order valence-electron chi connectivity index (χ0n) is 17.0. The number of carbonyl (C=O) groups is 1. The first-order chi connectivity index (χ1) is 15.7. The fourth-order valence-corrected chi connectivity index (χ4v) is 5.39. The van der Waals surface area contributed by atoms with Gasteiger partial charge in [-0.25, -0.2) is 9.97 Å². The number of carbonyl (C=O) groups excluding carboxylic acids is 1. The SMILES string of the molecule is Cc1c(C(=O)Nc2ccc(-c3cn4ccsc4n3)cc2)sc2nc(-c3ccccc3)cn12. The number of aryl methyl sites for hydroxylation is 1. The summed E-state index contributed by atoms with van der Waals surface area (Å²) >= 11 is 3.00. The highest BCUT2D eigenvalue weighted by molar-refractivity contribution is 7.19. The number of thiazole rings is 2. The lowest BCUT2D eigenvalue weighted by molar-refractivity contribution is 0.102. The van der Waals surface area contributed by atoms with Gasteiger partial charge in [-0.2, -0.15) is 0 Å². The molecule has 0 spiro atoms. The summed E-state index contributed by atoms with van der Waals surface area (Å²) in [6, 6.07) is 17.8. The maximum Gasteiger partial charge on any atom is 0.267 e. The van der Waals surface area contributed by atoms with E-state index in [1.54, 1.807) is 11.3 Å². The van der Waals surface area contributed by atoms with Crippen molar-refractivity contribution in [2.45, 2.75) is 6.92 Å². The second-order valence-corrected chi connectivity index (χ2v) is 9.26. The molecule has 0 atom stereocenters. The Bertz CT molecular complexity index is 1540. The molecule has 6 rings (SSSR count). The molecule has 6 aromatic rings. The van der Waals surface area contributed by atoms with Gasteiger partial charge in [0.25, 0.3) is 5.91 Å². The van der Waals surface area contributed by atoms with E-state index in [2.05, 4.69) is 10.3 Å². The van der Waals surface area contributed by atoms with Crippen LogP contribution in [0.1, 0.15) is 15.4 Å². The molecule has 0 saturated carbocycles. The number of imidazole rings is 2. The smallest absolute Gasteiger partial charge is 0.267 e. The van der Waals surface area contributed by atoms with Crippen LogP contribution in [0.5, 0.6) is 0 Å². The van der Waals surface area contributed by atoms with Crippen LogP contribution in [0.3, 0.4) is 0 Å². The fraction of sp³-hybridized carbons (Fsp3) is 0.0417. The summed E-state index contributed by atoms with van der Waals surface area (Å²) in [6.07, 6.45) is 5.99. The van der Waals surface area contributed by atoms with Gasteiger partial charge in [0.15, 0.2) is 9.92 Å². The van der Waals surface area contributed by atoms with Crippen LogP contribution < -0.4 is 5.32 Å². The average molecular weight is 456 g/mol. The number of nitrogens with one attached hydrogen (secondary N) is 1. The van der Waals surface area contributed by atoms with Gasteiger partial charge in [-0.1, -0.05) is 53.8 Å². The Balaban J connectivity index is 1.23. The van der Waals surface area contributed by atoms with E-state index in [0.717, 1.165) is 43.8 Å². The lowest BCUT2D eigenvalue weighted by atomic mass is 10.1. The van der Waals surface area contributed by atoms with Gasteiger partial charge in [0, 0.05) is 46.5 Å². The van der Waals surface area contributed by atoms with Crippen molar-refractivity contribution in [2.24, 2.45) is 0 Å². The monoisotopic (exact) mass is 455 g/mol. The minimum Gasteiger partial charge on any atom is -0.321 e. The first-order valence-corrected chi connectivity index (χ1v) is 11.7. The molecule has 8 heteroatoms. The number of benzene rings is 2. The molecule has 32 heavy (non-hydrogen) atoms. The van der Waals surface area contributed by atoms with E-state index < -0.39 is 0 Å². The second-order valence-electron chi connectivity index (χ2n) is 7.41. The predicted octanol–water partition coefficient (Wildman–Crippen LogP) is 6.00. The van der Waals surface area contributed by atoms with Crippen molar-refractivity contribution in [3.8, 4) is 22.5 Å². The predicted molar refractivity (Wildman–Crippen MR) is 130 cm³/mol. The zero-order valence-corrected chi connectivity index (χ0v) is 18.7. The molecule has 0 bridgehead atoms. The Morgan fingerprint density at radius 3 is 2.38 bits per heavy atom. The number of hydrogen-bond acceptors (Lipinski definition) is 5. The number of rotatable bonds is 4. The molecule has 4 heterocycles. The quantitative estimate of drug-likeness (QED) is 0.355. The third-order valence-electron chi connectivity index (χ3n) is 5.36. The number of nitrogens with zero attached hydrogens (tertiary/aromatic N) is 4. The first kappa shape index (κ1) is 19.0. The summed E-state index contributed by atoms with van der Waals surface area (Å²) in [5.41, 5.74) is 5.52. The van der Waals surface area contributed by atoms with Crippen molar-refractivity contribution in [1.29, 1.82) is 0 Å². The molecular formula is C24H17N5OS2. The van der Waals surface area contributed by atoms with Crippen molar-refractivity contribution < 1.29 is 4.79 Å². The van der Waals surface area contributed by atoms with Gasteiger partial charge in [-0.05, 0) is 19.1 Å². The Hall–Kier alpha value is -3.75. The first-order valence-electron chi connectivity index (χ1n) is 10.0. The third kappa shape index (κ3) is 3.21. The van der Waals surface area contributed by atoms with Crippen LogP contribution in [-0.4, -0.2) is 24.7 Å². The molecule has 0 aliphatic rings. The molecule has 4 aromatic heterocycles. The lowest BCUT2D eigenvalue weighted by Crippen LogP contribution is -2.11. The van der Waals surface area contributed by atoms with Crippen LogP contribution in [0.2, 0.25) is 0 Å². The normalized spacial score (nSPS) is 11.4. The number of fused-ring (bicyclic) bond motifs is 2. The standard InChI is InChI=1S/C24H17N5OS2/c1-15-21(32-24-27-20(14-29(15)24)16-5-3-2-4-6-16)22(30)25-18-9-7-17(8-10-18)19-13-28-11-12-31-23(28)26-19/h2-14H,1H3,(H,25,30). The summed E-state index contributed by atoms with van der Waals surface area (Å²) in [4.78, 5) is 24.7. The van der Waals surface area contributed by atoms with Crippen LogP contribution in [0.15, 0.2) is 78.6 Å². The van der Waals surface area contributed by atoms with Crippen molar-refractivity contribution in [2.75, 3.05) is 5.32 Å². The Morgan fingerprint density at radius 2 is 1.62 bits per heavy atom. The van der Waals surface area contributed by atoms with E-state index in [-0.39, 0.29) is 5.91 Å². The molecule has 0 aliphatic carbocycles. The van der Waals surface area contributed by atoms with Crippen molar-refractivity contribution in [3.63, 3.8) is 0 Å². The molecular weight excluding hydrogens is 438 g/mol. The molecule has 0 saturated heterocycles. The average Bonchev–Trinajstić information content (AvgIpc) is 3.56. The van der Waals surface area contributed by atoms with Crippen LogP contribution in [-0.2, 0) is 0 Å². The number of aromatic nitrogens is 4. The van der Waals surface area contributed by atoms with Crippen molar-refractivity contribution in [3.05, 3.63) is 89.1 Å². The lowest BCUT2D eigenvalue weighted by Gasteiger charge is -2.05.